The normalized spacial score (nSPS) is 14.5. The number of hydrogen-bond donors (Lipinski definition) is 0. The summed E-state index contributed by atoms with van der Waals surface area (Å²) in [6.07, 6.45) is 9.57. The van der Waals surface area contributed by atoms with Crippen LogP contribution in [0.2, 0.25) is 0 Å². The van der Waals surface area contributed by atoms with Crippen molar-refractivity contribution < 1.29 is 13.7 Å². The molecule has 0 aromatic carbocycles. The predicted molar refractivity (Wildman–Crippen MR) is 99.3 cm³/mol. The van der Waals surface area contributed by atoms with E-state index in [1.807, 2.05) is 78.8 Å². The van der Waals surface area contributed by atoms with E-state index in [4.69, 9.17) is 8.92 Å². The fourth-order valence-electron chi connectivity index (χ4n) is 1.70. The second kappa shape index (κ2) is 11.4. The van der Waals surface area contributed by atoms with Crippen LogP contribution < -0.4 is 0 Å². The van der Waals surface area contributed by atoms with E-state index in [1.165, 1.54) is 12.0 Å². The van der Waals surface area contributed by atoms with Crippen molar-refractivity contribution in [2.45, 2.75) is 60.1 Å². The van der Waals surface area contributed by atoms with Gasteiger partial charge in [-0.25, -0.2) is 4.79 Å². The molecule has 1 amide bonds. The molecule has 0 radical (unpaired) electrons. The molecule has 0 rings (SSSR count). The first-order valence-corrected chi connectivity index (χ1v) is 8.74. The fourth-order valence-corrected chi connectivity index (χ4v) is 2.43. The van der Waals surface area contributed by atoms with Crippen LogP contribution in [0.25, 0.3) is 0 Å². The molecule has 4 nitrogen and oxygen atoms in total. The van der Waals surface area contributed by atoms with E-state index in [-0.39, 0.29) is 12.1 Å². The quantitative estimate of drug-likeness (QED) is 0.442. The zero-order chi connectivity index (χ0) is 17.9. The topological polar surface area (TPSA) is 38.8 Å². The van der Waals surface area contributed by atoms with Gasteiger partial charge < -0.3 is 13.8 Å². The Morgan fingerprint density at radius 2 is 1.91 bits per heavy atom. The third-order valence-corrected chi connectivity index (χ3v) is 3.47. The van der Waals surface area contributed by atoms with Crippen LogP contribution in [0.1, 0.15) is 48.5 Å². The summed E-state index contributed by atoms with van der Waals surface area (Å²) in [7, 11) is 0. The van der Waals surface area contributed by atoms with Crippen LogP contribution in [0, 0.1) is 0 Å². The molecule has 0 spiro atoms. The van der Waals surface area contributed by atoms with E-state index < -0.39 is 5.60 Å². The summed E-state index contributed by atoms with van der Waals surface area (Å²) in [6, 6.07) is -0.0593. The largest absolute Gasteiger partial charge is 0.444 e. The van der Waals surface area contributed by atoms with E-state index in [1.54, 1.807) is 4.90 Å². The molecule has 0 bridgehead atoms. The molecular formula is C18H31NO3S. The van der Waals surface area contributed by atoms with Crippen molar-refractivity contribution in [2.24, 2.45) is 0 Å². The number of ether oxygens (including phenoxy) is 1. The highest BCUT2D eigenvalue weighted by Crippen LogP contribution is 2.20. The molecule has 0 saturated carbocycles. The van der Waals surface area contributed by atoms with E-state index in [0.717, 1.165) is 4.91 Å². The van der Waals surface area contributed by atoms with Gasteiger partial charge in [-0.15, -0.1) is 0 Å². The first-order chi connectivity index (χ1) is 10.7. The number of carbonyl (C=O) groups is 1. The summed E-state index contributed by atoms with van der Waals surface area (Å²) in [5.74, 6) is 0. The van der Waals surface area contributed by atoms with Gasteiger partial charge in [-0.1, -0.05) is 24.3 Å². The number of carbonyl (C=O) groups excluding carboxylic acids is 1. The van der Waals surface area contributed by atoms with Crippen molar-refractivity contribution >= 4 is 18.1 Å². The Bertz CT molecular complexity index is 436. The van der Waals surface area contributed by atoms with Gasteiger partial charge in [0.15, 0.2) is 0 Å². The van der Waals surface area contributed by atoms with Crippen molar-refractivity contribution in [3.8, 4) is 0 Å². The molecule has 0 aliphatic rings. The maximum atomic E-state index is 12.2. The SMILES string of the molecule is C\C=C/C(=C\C=C\C)SOCC(C)N(CC)C(=O)OC(C)(C)C. The minimum Gasteiger partial charge on any atom is -0.444 e. The second-order valence-electron chi connectivity index (χ2n) is 6.08. The third kappa shape index (κ3) is 10.2. The lowest BCUT2D eigenvalue weighted by atomic mass is 10.2. The van der Waals surface area contributed by atoms with Crippen LogP contribution in [0.15, 0.2) is 35.3 Å². The average Bonchev–Trinajstić information content (AvgIpc) is 2.43. The van der Waals surface area contributed by atoms with Crippen molar-refractivity contribution in [3.63, 3.8) is 0 Å². The monoisotopic (exact) mass is 341 g/mol. The molecule has 0 N–H and O–H groups in total. The molecule has 1 atom stereocenters. The lowest BCUT2D eigenvalue weighted by Gasteiger charge is -2.30. The smallest absolute Gasteiger partial charge is 0.410 e. The first-order valence-electron chi connectivity index (χ1n) is 7.99. The number of likely N-dealkylation sites (N-methyl/N-ethyl adjacent to an activating group) is 1. The maximum absolute atomic E-state index is 12.2. The van der Waals surface area contributed by atoms with Gasteiger partial charge in [0.2, 0.25) is 0 Å². The predicted octanol–water partition coefficient (Wildman–Crippen LogP) is 5.33. The van der Waals surface area contributed by atoms with Crippen LogP contribution in [0.3, 0.4) is 0 Å². The number of hydrogen-bond acceptors (Lipinski definition) is 4. The average molecular weight is 342 g/mol. The molecule has 0 heterocycles. The molecule has 5 heteroatoms. The van der Waals surface area contributed by atoms with E-state index in [0.29, 0.717) is 13.2 Å². The minimum absolute atomic E-state index is 0.0593. The molecule has 23 heavy (non-hydrogen) atoms. The summed E-state index contributed by atoms with van der Waals surface area (Å²) < 4.78 is 11.1. The molecule has 0 aliphatic heterocycles. The zero-order valence-electron chi connectivity index (χ0n) is 15.5. The van der Waals surface area contributed by atoms with E-state index in [2.05, 4.69) is 0 Å². The van der Waals surface area contributed by atoms with Crippen LogP contribution in [-0.2, 0) is 8.92 Å². The summed E-state index contributed by atoms with van der Waals surface area (Å²) in [4.78, 5) is 14.9. The summed E-state index contributed by atoms with van der Waals surface area (Å²) in [6.45, 7) is 14.4. The highest BCUT2D eigenvalue weighted by atomic mass is 32.2. The fraction of sp³-hybridized carbons (Fsp3) is 0.611. The van der Waals surface area contributed by atoms with Crippen LogP contribution in [0.5, 0.6) is 0 Å². The second-order valence-corrected chi connectivity index (χ2v) is 6.95. The number of amides is 1. The zero-order valence-corrected chi connectivity index (χ0v) is 16.3. The lowest BCUT2D eigenvalue weighted by molar-refractivity contribution is 0.0151. The van der Waals surface area contributed by atoms with Gasteiger partial charge in [0.05, 0.1) is 12.6 Å². The molecule has 0 aromatic heterocycles. The Morgan fingerprint density at radius 1 is 1.26 bits per heavy atom. The molecule has 0 saturated heterocycles. The van der Waals surface area contributed by atoms with Gasteiger partial charge in [0, 0.05) is 23.5 Å². The standard InChI is InChI=1S/C18H31NO3S/c1-8-11-13-16(12-9-2)23-21-14-15(4)19(10-3)17(20)22-18(5,6)7/h8-9,11-13,15H,10,14H2,1-7H3/b11-8+,12-9-,16-13+. The maximum Gasteiger partial charge on any atom is 0.410 e. The number of rotatable bonds is 8. The van der Waals surface area contributed by atoms with Crippen molar-refractivity contribution in [1.29, 1.82) is 0 Å². The van der Waals surface area contributed by atoms with Crippen LogP contribution >= 0.6 is 12.0 Å². The summed E-state index contributed by atoms with van der Waals surface area (Å²) in [5, 5.41) is 0. The summed E-state index contributed by atoms with van der Waals surface area (Å²) in [5.41, 5.74) is -0.492. The molecule has 0 aromatic rings. The van der Waals surface area contributed by atoms with Gasteiger partial charge >= 0.3 is 6.09 Å². The number of allylic oxidation sites excluding steroid dienone is 5. The van der Waals surface area contributed by atoms with Gasteiger partial charge in [-0.2, -0.15) is 0 Å². The molecular weight excluding hydrogens is 310 g/mol. The van der Waals surface area contributed by atoms with Gasteiger partial charge in [-0.05, 0) is 54.5 Å². The molecule has 0 fully saturated rings. The highest BCUT2D eigenvalue weighted by Gasteiger charge is 2.24. The van der Waals surface area contributed by atoms with Crippen molar-refractivity contribution in [2.75, 3.05) is 13.2 Å². The lowest BCUT2D eigenvalue weighted by Crippen LogP contribution is -2.43. The van der Waals surface area contributed by atoms with E-state index in [9.17, 15) is 4.79 Å². The van der Waals surface area contributed by atoms with Crippen molar-refractivity contribution in [1.82, 2.24) is 4.90 Å². The first kappa shape index (κ1) is 21.8. The van der Waals surface area contributed by atoms with E-state index >= 15 is 0 Å². The molecule has 1 unspecified atom stereocenters. The minimum atomic E-state index is -0.492. The Balaban J connectivity index is 4.54. The number of nitrogens with zero attached hydrogens (tertiary/aromatic N) is 1. The Labute approximate surface area is 145 Å². The Morgan fingerprint density at radius 3 is 2.39 bits per heavy atom. The Kier molecular flexibility index (Phi) is 10.8. The highest BCUT2D eigenvalue weighted by molar-refractivity contribution is 7.98. The van der Waals surface area contributed by atoms with Gasteiger partial charge in [0.1, 0.15) is 5.60 Å². The molecule has 0 aliphatic carbocycles. The van der Waals surface area contributed by atoms with Gasteiger partial charge in [0.25, 0.3) is 0 Å². The van der Waals surface area contributed by atoms with Crippen molar-refractivity contribution in [3.05, 3.63) is 35.3 Å². The summed E-state index contributed by atoms with van der Waals surface area (Å²) >= 11 is 1.31. The van der Waals surface area contributed by atoms with Crippen LogP contribution in [-0.4, -0.2) is 35.8 Å². The third-order valence-electron chi connectivity index (χ3n) is 2.75. The Hall–Kier alpha value is -1.20. The molecule has 132 valence electrons. The van der Waals surface area contributed by atoms with Gasteiger partial charge in [-0.3, -0.25) is 0 Å². The van der Waals surface area contributed by atoms with Crippen LogP contribution in [0.4, 0.5) is 4.79 Å².